The lowest BCUT2D eigenvalue weighted by Gasteiger charge is -2.11. The molecule has 0 bridgehead atoms. The van der Waals surface area contributed by atoms with E-state index >= 15 is 0 Å². The van der Waals surface area contributed by atoms with Crippen LogP contribution in [0.2, 0.25) is 0 Å². The van der Waals surface area contributed by atoms with Crippen molar-refractivity contribution in [3.63, 3.8) is 0 Å². The molecule has 0 saturated heterocycles. The Morgan fingerprint density at radius 3 is 2.44 bits per heavy atom. The molecule has 7 nitrogen and oxygen atoms in total. The number of rotatable bonds is 6. The monoisotopic (exact) mass is 387 g/mol. The predicted octanol–water partition coefficient (Wildman–Crippen LogP) is 0.209. The summed E-state index contributed by atoms with van der Waals surface area (Å²) >= 11 is 0. The van der Waals surface area contributed by atoms with Crippen LogP contribution in [0.5, 0.6) is 0 Å². The van der Waals surface area contributed by atoms with Gasteiger partial charge in [-0.05, 0) is 18.9 Å². The lowest BCUT2D eigenvalue weighted by Crippen LogP contribution is -2.44. The summed E-state index contributed by atoms with van der Waals surface area (Å²) in [5.74, 6) is -1.47. The maximum Gasteiger partial charge on any atom is 0.335 e. The van der Waals surface area contributed by atoms with Crippen molar-refractivity contribution in [3.8, 4) is 0 Å². The van der Waals surface area contributed by atoms with Gasteiger partial charge in [-0.2, -0.15) is 0 Å². The third-order valence-electron chi connectivity index (χ3n) is 4.77. The molecule has 1 unspecified atom stereocenters. The van der Waals surface area contributed by atoms with E-state index < -0.39 is 34.2 Å². The molecule has 27 heavy (non-hydrogen) atoms. The summed E-state index contributed by atoms with van der Waals surface area (Å²) in [6.07, 6.45) is 2.53. The molecule has 8 heteroatoms. The number of thiophene rings is 1. The predicted molar refractivity (Wildman–Crippen MR) is 104 cm³/mol. The van der Waals surface area contributed by atoms with Crippen molar-refractivity contribution in [1.82, 2.24) is 9.13 Å². The highest BCUT2D eigenvalue weighted by Crippen LogP contribution is 2.35. The second kappa shape index (κ2) is 7.50. The summed E-state index contributed by atoms with van der Waals surface area (Å²) in [4.78, 5) is 38.4. The SMILES string of the molecule is Cc1c(CN)[s+](C)c2c1c(=O)n(CC(=O)[O-])c(=O)n2CCc1ccccc1. The van der Waals surface area contributed by atoms with Crippen LogP contribution in [0.25, 0.3) is 10.2 Å². The topological polar surface area (TPSA) is 110 Å². The van der Waals surface area contributed by atoms with Gasteiger partial charge in [-0.15, -0.1) is 0 Å². The number of carboxylic acid groups (broad SMARTS) is 1. The molecule has 3 aromatic rings. The van der Waals surface area contributed by atoms with Crippen LogP contribution in [-0.2, 0) is 37.1 Å². The number of fused-ring (bicyclic) bond motifs is 1. The van der Waals surface area contributed by atoms with Crippen LogP contribution in [0.15, 0.2) is 39.9 Å². The van der Waals surface area contributed by atoms with E-state index in [4.69, 9.17) is 5.73 Å². The Labute approximate surface area is 158 Å². The van der Waals surface area contributed by atoms with Gasteiger partial charge in [-0.1, -0.05) is 30.3 Å². The van der Waals surface area contributed by atoms with Crippen LogP contribution in [-0.4, -0.2) is 15.1 Å². The maximum atomic E-state index is 12.9. The highest BCUT2D eigenvalue weighted by Gasteiger charge is 2.29. The molecule has 2 aromatic heterocycles. The van der Waals surface area contributed by atoms with E-state index in [-0.39, 0.29) is 6.54 Å². The quantitative estimate of drug-likeness (QED) is 0.608. The van der Waals surface area contributed by atoms with E-state index in [9.17, 15) is 19.5 Å². The van der Waals surface area contributed by atoms with Gasteiger partial charge in [0.05, 0.1) is 19.1 Å². The summed E-state index contributed by atoms with van der Waals surface area (Å²) < 4.78 is 2.28. The zero-order valence-electron chi connectivity index (χ0n) is 15.2. The summed E-state index contributed by atoms with van der Waals surface area (Å²) in [5, 5.41) is 11.5. The lowest BCUT2D eigenvalue weighted by atomic mass is 10.1. The Balaban J connectivity index is 2.27. The van der Waals surface area contributed by atoms with Gasteiger partial charge in [0.1, 0.15) is 11.6 Å². The minimum atomic E-state index is -1.47. The van der Waals surface area contributed by atoms with E-state index in [1.165, 1.54) is 4.57 Å². The van der Waals surface area contributed by atoms with Gasteiger partial charge < -0.3 is 15.6 Å². The number of hydrogen-bond donors (Lipinski definition) is 1. The molecule has 2 heterocycles. The average molecular weight is 387 g/mol. The van der Waals surface area contributed by atoms with Crippen molar-refractivity contribution < 1.29 is 9.90 Å². The van der Waals surface area contributed by atoms with Crippen LogP contribution in [0.3, 0.4) is 0 Å². The molecule has 142 valence electrons. The van der Waals surface area contributed by atoms with E-state index in [1.807, 2.05) is 36.6 Å². The standard InChI is InChI=1S/C19H21N3O4S/c1-12-14(10-20)27(2)18-16(12)17(25)22(11-15(23)24)19(26)21(18)9-8-13-6-4-3-5-7-13/h3-7H,8-11,20H2,1-2H3. The normalized spacial score (nSPS) is 11.9. The molecule has 0 fully saturated rings. The first-order valence-corrected chi connectivity index (χ1v) is 10.2. The number of aliphatic carboxylic acids is 1. The summed E-state index contributed by atoms with van der Waals surface area (Å²) in [7, 11) is -0.485. The Morgan fingerprint density at radius 2 is 1.85 bits per heavy atom. The number of carboxylic acids is 1. The minimum absolute atomic E-state index is 0.285. The highest BCUT2D eigenvalue weighted by atomic mass is 32.2. The van der Waals surface area contributed by atoms with Crippen molar-refractivity contribution in [2.24, 2.45) is 12.0 Å². The molecule has 0 aliphatic rings. The van der Waals surface area contributed by atoms with E-state index in [2.05, 4.69) is 0 Å². The smallest absolute Gasteiger partial charge is 0.335 e. The zero-order chi connectivity index (χ0) is 19.7. The highest BCUT2D eigenvalue weighted by molar-refractivity contribution is 7.35. The molecule has 0 aliphatic heterocycles. The maximum absolute atomic E-state index is 12.9. The molecule has 0 aliphatic carbocycles. The average Bonchev–Trinajstić information content (AvgIpc) is 2.89. The van der Waals surface area contributed by atoms with Crippen molar-refractivity contribution in [2.45, 2.75) is 33.0 Å². The molecule has 0 radical (unpaired) electrons. The number of hydrogen-bond acceptors (Lipinski definition) is 5. The fourth-order valence-corrected chi connectivity index (χ4v) is 5.53. The zero-order valence-corrected chi connectivity index (χ0v) is 16.0. The van der Waals surface area contributed by atoms with Crippen LogP contribution in [0.1, 0.15) is 16.0 Å². The van der Waals surface area contributed by atoms with Gasteiger partial charge in [0.15, 0.2) is 4.88 Å². The number of benzene rings is 1. The molecular formula is C19H21N3O4S. The number of nitrogens with two attached hydrogens (primary N) is 1. The number of nitrogens with zero attached hydrogens (tertiary/aromatic N) is 2. The van der Waals surface area contributed by atoms with Crippen LogP contribution < -0.4 is 22.1 Å². The Bertz CT molecular complexity index is 1130. The second-order valence-electron chi connectivity index (χ2n) is 6.38. The van der Waals surface area contributed by atoms with E-state index in [1.54, 1.807) is 6.92 Å². The third-order valence-corrected chi connectivity index (χ3v) is 6.99. The fourth-order valence-electron chi connectivity index (χ4n) is 3.44. The molecule has 2 N–H and O–H groups in total. The van der Waals surface area contributed by atoms with Gasteiger partial charge in [0, 0.05) is 22.6 Å². The molecule has 0 saturated carbocycles. The first-order valence-electron chi connectivity index (χ1n) is 8.54. The lowest BCUT2D eigenvalue weighted by molar-refractivity contribution is -0.306. The molecule has 1 atom stereocenters. The number of carbonyl (C=O) groups excluding carboxylic acids is 1. The first-order chi connectivity index (χ1) is 12.9. The van der Waals surface area contributed by atoms with Crippen molar-refractivity contribution in [3.05, 3.63) is 67.2 Å². The molecule has 1 aromatic carbocycles. The number of carbonyl (C=O) groups is 1. The Hall–Kier alpha value is -2.71. The van der Waals surface area contributed by atoms with Crippen LogP contribution in [0.4, 0.5) is 0 Å². The van der Waals surface area contributed by atoms with Gasteiger partial charge in [0.25, 0.3) is 10.4 Å². The second-order valence-corrected chi connectivity index (χ2v) is 8.28. The summed E-state index contributed by atoms with van der Waals surface area (Å²) in [5.41, 5.74) is 6.45. The van der Waals surface area contributed by atoms with Crippen molar-refractivity contribution in [2.75, 3.05) is 0 Å². The molecular weight excluding hydrogens is 366 g/mol. The van der Waals surface area contributed by atoms with E-state index in [0.29, 0.717) is 23.2 Å². The van der Waals surface area contributed by atoms with Crippen molar-refractivity contribution >= 4 is 26.7 Å². The molecule has 0 spiro atoms. The van der Waals surface area contributed by atoms with Crippen LogP contribution in [0, 0.1) is 6.92 Å². The van der Waals surface area contributed by atoms with Gasteiger partial charge in [-0.3, -0.25) is 9.36 Å². The number of aryl methyl sites for hydroxylation is 4. The Morgan fingerprint density at radius 1 is 1.19 bits per heavy atom. The minimum Gasteiger partial charge on any atom is -0.548 e. The fraction of sp³-hybridized carbons (Fsp3) is 0.316. The number of aromatic nitrogens is 2. The third kappa shape index (κ3) is 3.33. The largest absolute Gasteiger partial charge is 0.548 e. The van der Waals surface area contributed by atoms with E-state index in [0.717, 1.165) is 20.6 Å². The van der Waals surface area contributed by atoms with Crippen molar-refractivity contribution in [1.29, 1.82) is 0 Å². The summed E-state index contributed by atoms with van der Waals surface area (Å²) in [6, 6.07) is 9.67. The Kier molecular flexibility index (Phi) is 5.29. The molecule has 0 amide bonds. The molecule has 3 rings (SSSR count). The summed E-state index contributed by atoms with van der Waals surface area (Å²) in [6.45, 7) is 1.67. The first kappa shape index (κ1) is 19.1. The van der Waals surface area contributed by atoms with Gasteiger partial charge in [0.2, 0.25) is 0 Å². The van der Waals surface area contributed by atoms with Gasteiger partial charge in [-0.25, -0.2) is 9.36 Å². The van der Waals surface area contributed by atoms with Crippen LogP contribution >= 0.6 is 10.5 Å². The van der Waals surface area contributed by atoms with Gasteiger partial charge >= 0.3 is 5.69 Å².